The van der Waals surface area contributed by atoms with E-state index in [0.717, 1.165) is 24.2 Å². The molecule has 0 unspecified atom stereocenters. The molecule has 8 nitrogen and oxygen atoms in total. The Hall–Kier alpha value is -2.90. The quantitative estimate of drug-likeness (QED) is 0.672. The molecule has 150 valence electrons. The third kappa shape index (κ3) is 3.85. The van der Waals surface area contributed by atoms with Crippen molar-refractivity contribution in [2.24, 2.45) is 5.92 Å². The van der Waals surface area contributed by atoms with E-state index in [1.807, 2.05) is 0 Å². The topological polar surface area (TPSA) is 108 Å². The predicted octanol–water partition coefficient (Wildman–Crippen LogP) is 1.88. The maximum Gasteiger partial charge on any atom is 0.325 e. The molecule has 1 aliphatic heterocycles. The smallest absolute Gasteiger partial charge is 0.325 e. The monoisotopic (exact) mass is 386 g/mol. The second-order valence-electron chi connectivity index (χ2n) is 7.46. The van der Waals surface area contributed by atoms with E-state index in [4.69, 9.17) is 0 Å². The zero-order valence-corrected chi connectivity index (χ0v) is 16.2. The van der Waals surface area contributed by atoms with Gasteiger partial charge in [0.1, 0.15) is 12.1 Å². The number of rotatable bonds is 5. The number of anilines is 1. The molecule has 8 heteroatoms. The van der Waals surface area contributed by atoms with Crippen LogP contribution < -0.4 is 16.0 Å². The largest absolute Gasteiger partial charge is 0.355 e. The van der Waals surface area contributed by atoms with Gasteiger partial charge < -0.3 is 16.0 Å². The zero-order chi connectivity index (χ0) is 20.3. The number of carbonyl (C=O) groups excluding carboxylic acids is 4. The molecule has 5 amide bonds. The summed E-state index contributed by atoms with van der Waals surface area (Å²) in [5, 5.41) is 8.00. The van der Waals surface area contributed by atoms with Gasteiger partial charge in [0.25, 0.3) is 11.8 Å². The minimum atomic E-state index is -0.849. The Kier molecular flexibility index (Phi) is 5.67. The van der Waals surface area contributed by atoms with E-state index < -0.39 is 17.5 Å². The van der Waals surface area contributed by atoms with Gasteiger partial charge in [-0.3, -0.25) is 19.3 Å². The fourth-order valence-electron chi connectivity index (χ4n) is 3.93. The Bertz CT molecular complexity index is 782. The van der Waals surface area contributed by atoms with Crippen molar-refractivity contribution >= 4 is 29.4 Å². The van der Waals surface area contributed by atoms with Gasteiger partial charge >= 0.3 is 6.03 Å². The van der Waals surface area contributed by atoms with Gasteiger partial charge in [0, 0.05) is 18.3 Å². The lowest BCUT2D eigenvalue weighted by Gasteiger charge is -2.34. The predicted molar refractivity (Wildman–Crippen MR) is 104 cm³/mol. The number of amides is 5. The van der Waals surface area contributed by atoms with E-state index in [1.54, 1.807) is 24.3 Å². The fraction of sp³-hybridized carbons (Fsp3) is 0.500. The molecular formula is C20H26N4O4. The molecule has 3 rings (SSSR count). The highest BCUT2D eigenvalue weighted by Crippen LogP contribution is 2.37. The first-order valence-corrected chi connectivity index (χ1v) is 9.64. The van der Waals surface area contributed by atoms with Gasteiger partial charge in [-0.05, 0) is 55.9 Å². The molecular weight excluding hydrogens is 360 g/mol. The van der Waals surface area contributed by atoms with Crippen LogP contribution in [0.2, 0.25) is 0 Å². The summed E-state index contributed by atoms with van der Waals surface area (Å²) >= 11 is 0. The van der Waals surface area contributed by atoms with Crippen molar-refractivity contribution in [2.45, 2.75) is 44.6 Å². The lowest BCUT2D eigenvalue weighted by atomic mass is 9.75. The number of urea groups is 1. The van der Waals surface area contributed by atoms with Crippen LogP contribution in [-0.2, 0) is 9.59 Å². The first-order chi connectivity index (χ1) is 13.4. The van der Waals surface area contributed by atoms with Gasteiger partial charge in [-0.25, -0.2) is 4.79 Å². The lowest BCUT2D eigenvalue weighted by molar-refractivity contribution is -0.135. The lowest BCUT2D eigenvalue weighted by Crippen LogP contribution is -2.49. The van der Waals surface area contributed by atoms with Gasteiger partial charge in [0.15, 0.2) is 0 Å². The highest BCUT2D eigenvalue weighted by Gasteiger charge is 2.52. The molecule has 2 aliphatic rings. The highest BCUT2D eigenvalue weighted by atomic mass is 16.2. The molecule has 1 aliphatic carbocycles. The molecule has 0 aromatic heterocycles. The Morgan fingerprint density at radius 2 is 1.82 bits per heavy atom. The van der Waals surface area contributed by atoms with Gasteiger partial charge in [0.2, 0.25) is 5.91 Å². The van der Waals surface area contributed by atoms with Crippen LogP contribution in [0.4, 0.5) is 10.5 Å². The van der Waals surface area contributed by atoms with E-state index in [1.165, 1.54) is 7.05 Å². The Balaban J connectivity index is 1.60. The molecule has 1 aromatic rings. The molecule has 1 saturated heterocycles. The number of hydrogen-bond acceptors (Lipinski definition) is 4. The van der Waals surface area contributed by atoms with Crippen LogP contribution in [0, 0.1) is 5.92 Å². The summed E-state index contributed by atoms with van der Waals surface area (Å²) in [7, 11) is 1.54. The minimum absolute atomic E-state index is 0.222. The third-order valence-corrected chi connectivity index (χ3v) is 5.74. The number of benzene rings is 1. The summed E-state index contributed by atoms with van der Waals surface area (Å²) in [6.45, 7) is 1.80. The standard InChI is InChI=1S/C20H26N4O4/c1-3-13-8-10-20(11-9-13)18(27)24(19(28)23-20)12-16(25)22-15-6-4-14(5-7-15)17(26)21-2/h4-7,13H,3,8-12H2,1-2H3,(H,21,26)(H,22,25)(H,23,28). The van der Waals surface area contributed by atoms with Crippen molar-refractivity contribution in [1.82, 2.24) is 15.5 Å². The van der Waals surface area contributed by atoms with Gasteiger partial charge in [-0.2, -0.15) is 0 Å². The molecule has 1 spiro atoms. The Labute approximate surface area is 164 Å². The van der Waals surface area contributed by atoms with Crippen molar-refractivity contribution in [3.8, 4) is 0 Å². The summed E-state index contributed by atoms with van der Waals surface area (Å²) in [4.78, 5) is 50.1. The first-order valence-electron chi connectivity index (χ1n) is 9.64. The molecule has 28 heavy (non-hydrogen) atoms. The van der Waals surface area contributed by atoms with Gasteiger partial charge in [-0.1, -0.05) is 13.3 Å². The van der Waals surface area contributed by atoms with Crippen LogP contribution in [-0.4, -0.2) is 47.8 Å². The summed E-state index contributed by atoms with van der Waals surface area (Å²) in [5.74, 6) is -0.404. The molecule has 1 heterocycles. The first kappa shape index (κ1) is 19.9. The van der Waals surface area contributed by atoms with E-state index in [-0.39, 0.29) is 18.4 Å². The van der Waals surface area contributed by atoms with E-state index >= 15 is 0 Å². The van der Waals surface area contributed by atoms with Gasteiger partial charge in [0.05, 0.1) is 0 Å². The SMILES string of the molecule is CCC1CCC2(CC1)NC(=O)N(CC(=O)Nc1ccc(C(=O)NC)cc1)C2=O. The third-order valence-electron chi connectivity index (χ3n) is 5.74. The summed E-state index contributed by atoms with van der Waals surface area (Å²) < 4.78 is 0. The summed E-state index contributed by atoms with van der Waals surface area (Å²) in [6.07, 6.45) is 4.12. The van der Waals surface area contributed by atoms with Crippen LogP contribution in [0.25, 0.3) is 0 Å². The summed E-state index contributed by atoms with van der Waals surface area (Å²) in [6, 6.07) is 5.86. The van der Waals surface area contributed by atoms with Crippen molar-refractivity contribution in [3.63, 3.8) is 0 Å². The number of nitrogens with one attached hydrogen (secondary N) is 3. The number of nitrogens with zero attached hydrogens (tertiary/aromatic N) is 1. The molecule has 0 atom stereocenters. The zero-order valence-electron chi connectivity index (χ0n) is 16.2. The van der Waals surface area contributed by atoms with Crippen molar-refractivity contribution in [2.75, 3.05) is 18.9 Å². The maximum atomic E-state index is 12.8. The molecule has 1 saturated carbocycles. The number of hydrogen-bond donors (Lipinski definition) is 3. The molecule has 0 radical (unpaired) electrons. The fourth-order valence-corrected chi connectivity index (χ4v) is 3.93. The van der Waals surface area contributed by atoms with Crippen LogP contribution in [0.5, 0.6) is 0 Å². The molecule has 1 aromatic carbocycles. The van der Waals surface area contributed by atoms with Crippen LogP contribution >= 0.6 is 0 Å². The number of carbonyl (C=O) groups is 4. The molecule has 0 bridgehead atoms. The molecule has 3 N–H and O–H groups in total. The summed E-state index contributed by atoms with van der Waals surface area (Å²) in [5.41, 5.74) is 0.111. The van der Waals surface area contributed by atoms with Crippen LogP contribution in [0.1, 0.15) is 49.4 Å². The van der Waals surface area contributed by atoms with Crippen LogP contribution in [0.15, 0.2) is 24.3 Å². The second kappa shape index (κ2) is 8.00. The average Bonchev–Trinajstić information content (AvgIpc) is 2.92. The van der Waals surface area contributed by atoms with E-state index in [9.17, 15) is 19.2 Å². The van der Waals surface area contributed by atoms with Crippen molar-refractivity contribution < 1.29 is 19.2 Å². The maximum absolute atomic E-state index is 12.8. The van der Waals surface area contributed by atoms with Gasteiger partial charge in [-0.15, -0.1) is 0 Å². The Morgan fingerprint density at radius 3 is 2.39 bits per heavy atom. The highest BCUT2D eigenvalue weighted by molar-refractivity contribution is 6.10. The number of imide groups is 1. The van der Waals surface area contributed by atoms with Crippen molar-refractivity contribution in [3.05, 3.63) is 29.8 Å². The minimum Gasteiger partial charge on any atom is -0.355 e. The second-order valence-corrected chi connectivity index (χ2v) is 7.46. The van der Waals surface area contributed by atoms with E-state index in [0.29, 0.717) is 30.0 Å². The molecule has 2 fully saturated rings. The van der Waals surface area contributed by atoms with Crippen LogP contribution in [0.3, 0.4) is 0 Å². The van der Waals surface area contributed by atoms with Crippen molar-refractivity contribution in [1.29, 1.82) is 0 Å². The average molecular weight is 386 g/mol. The normalized spacial score (nSPS) is 24.2. The van der Waals surface area contributed by atoms with E-state index in [2.05, 4.69) is 22.9 Å². The Morgan fingerprint density at radius 1 is 1.18 bits per heavy atom.